The van der Waals surface area contributed by atoms with E-state index in [-0.39, 0.29) is 0 Å². The number of nitrogens with zero attached hydrogens (tertiary/aromatic N) is 4. The normalized spacial score (nSPS) is 11.3. The van der Waals surface area contributed by atoms with Gasteiger partial charge in [-0.2, -0.15) is 0 Å². The Bertz CT molecular complexity index is 778. The molecule has 28 heavy (non-hydrogen) atoms. The van der Waals surface area contributed by atoms with Crippen molar-refractivity contribution in [1.82, 2.24) is 20.1 Å². The molecule has 2 N–H and O–H groups in total. The number of aliphatic imine (C=N–C) groups is 1. The van der Waals surface area contributed by atoms with E-state index in [2.05, 4.69) is 32.7 Å². The Morgan fingerprint density at radius 1 is 1.11 bits per heavy atom. The highest BCUT2D eigenvalue weighted by Gasteiger charge is 2.14. The number of aromatic nitrogens is 3. The van der Waals surface area contributed by atoms with Crippen LogP contribution < -0.4 is 24.8 Å². The number of rotatable bonds is 9. The van der Waals surface area contributed by atoms with Gasteiger partial charge in [0.15, 0.2) is 23.3 Å². The summed E-state index contributed by atoms with van der Waals surface area (Å²) in [4.78, 5) is 4.65. The minimum Gasteiger partial charge on any atom is -0.493 e. The molecule has 1 aromatic heterocycles. The molecule has 1 aromatic carbocycles. The zero-order chi connectivity index (χ0) is 20.5. The number of benzene rings is 1. The monoisotopic (exact) mass is 390 g/mol. The molecule has 0 unspecified atom stereocenters. The minimum atomic E-state index is 0.406. The number of aryl methyl sites for hydroxylation is 1. The fourth-order valence-electron chi connectivity index (χ4n) is 2.55. The third-order valence-electron chi connectivity index (χ3n) is 4.31. The zero-order valence-electron chi connectivity index (χ0n) is 17.5. The number of anilines is 1. The molecular weight excluding hydrogens is 360 g/mol. The van der Waals surface area contributed by atoms with Crippen LogP contribution in [0, 0.1) is 6.92 Å². The molecule has 0 bridgehead atoms. The van der Waals surface area contributed by atoms with Gasteiger partial charge in [-0.15, -0.1) is 10.2 Å². The molecule has 0 fully saturated rings. The Kier molecular flexibility index (Phi) is 7.91. The van der Waals surface area contributed by atoms with Crippen LogP contribution in [0.1, 0.15) is 31.4 Å². The van der Waals surface area contributed by atoms with Gasteiger partial charge in [-0.1, -0.05) is 13.3 Å². The molecular formula is C19H30N6O3. The summed E-state index contributed by atoms with van der Waals surface area (Å²) in [6.07, 6.45) is 2.13. The zero-order valence-corrected chi connectivity index (χ0v) is 17.5. The third-order valence-corrected chi connectivity index (χ3v) is 4.31. The van der Waals surface area contributed by atoms with Crippen molar-refractivity contribution in [3.63, 3.8) is 0 Å². The molecule has 2 rings (SSSR count). The second-order valence-electron chi connectivity index (χ2n) is 6.21. The molecule has 0 spiro atoms. The molecule has 9 nitrogen and oxygen atoms in total. The molecule has 0 aliphatic heterocycles. The van der Waals surface area contributed by atoms with Crippen molar-refractivity contribution in [1.29, 1.82) is 0 Å². The number of ether oxygens (including phenoxy) is 3. The summed E-state index contributed by atoms with van der Waals surface area (Å²) in [5, 5.41) is 14.9. The van der Waals surface area contributed by atoms with Crippen molar-refractivity contribution in [3.05, 3.63) is 23.8 Å². The lowest BCUT2D eigenvalue weighted by molar-refractivity contribution is 0.324. The molecule has 0 aliphatic rings. The number of hydrogen-bond acceptors (Lipinski definition) is 6. The molecule has 0 saturated carbocycles. The van der Waals surface area contributed by atoms with E-state index in [9.17, 15) is 0 Å². The number of guanidine groups is 1. The highest BCUT2D eigenvalue weighted by molar-refractivity contribution is 5.94. The molecule has 0 saturated heterocycles. The maximum Gasteiger partial charge on any atom is 0.203 e. The largest absolute Gasteiger partial charge is 0.493 e. The number of methoxy groups -OCH3 is 3. The van der Waals surface area contributed by atoms with Crippen molar-refractivity contribution in [2.75, 3.05) is 33.2 Å². The van der Waals surface area contributed by atoms with Gasteiger partial charge >= 0.3 is 0 Å². The van der Waals surface area contributed by atoms with Gasteiger partial charge in [-0.25, -0.2) is 4.99 Å². The molecule has 154 valence electrons. The van der Waals surface area contributed by atoms with E-state index in [4.69, 9.17) is 14.2 Å². The quantitative estimate of drug-likeness (QED) is 0.386. The fourth-order valence-corrected chi connectivity index (χ4v) is 2.55. The molecule has 1 heterocycles. The summed E-state index contributed by atoms with van der Waals surface area (Å²) in [5.41, 5.74) is 0.770. The van der Waals surface area contributed by atoms with Crippen LogP contribution in [0.25, 0.3) is 0 Å². The summed E-state index contributed by atoms with van der Waals surface area (Å²) in [5.74, 6) is 3.97. The van der Waals surface area contributed by atoms with Gasteiger partial charge in [0.2, 0.25) is 5.75 Å². The first-order valence-electron chi connectivity index (χ1n) is 9.24. The van der Waals surface area contributed by atoms with Crippen LogP contribution in [0.15, 0.2) is 17.1 Å². The standard InChI is InChI=1S/C19H30N6O3/c1-7-8-9-20-19(21-12-17-24-23-13(2)25(17)3)22-14-10-15(26-4)18(28-6)16(11-14)27-5/h10-11H,7-9,12H2,1-6H3,(H2,20,21,22). The van der Waals surface area contributed by atoms with Gasteiger partial charge in [-0.05, 0) is 13.3 Å². The van der Waals surface area contributed by atoms with E-state index >= 15 is 0 Å². The van der Waals surface area contributed by atoms with E-state index in [1.165, 1.54) is 0 Å². The van der Waals surface area contributed by atoms with Gasteiger partial charge in [0.25, 0.3) is 0 Å². The Morgan fingerprint density at radius 3 is 2.29 bits per heavy atom. The maximum absolute atomic E-state index is 5.42. The fraction of sp³-hybridized carbons (Fsp3) is 0.526. The van der Waals surface area contributed by atoms with Crippen LogP contribution in [0.2, 0.25) is 0 Å². The summed E-state index contributed by atoms with van der Waals surface area (Å²) in [6.45, 7) is 5.27. The molecule has 0 atom stereocenters. The summed E-state index contributed by atoms with van der Waals surface area (Å²) >= 11 is 0. The summed E-state index contributed by atoms with van der Waals surface area (Å²) in [6, 6.07) is 3.68. The van der Waals surface area contributed by atoms with Gasteiger partial charge in [0.1, 0.15) is 12.4 Å². The summed E-state index contributed by atoms with van der Waals surface area (Å²) < 4.78 is 18.1. The first kappa shape index (κ1) is 21.3. The topological polar surface area (TPSA) is 94.8 Å². The average Bonchev–Trinajstić information content (AvgIpc) is 3.03. The van der Waals surface area contributed by atoms with E-state index in [1.54, 1.807) is 21.3 Å². The SMILES string of the molecule is CCCCNC(=NCc1nnc(C)n1C)Nc1cc(OC)c(OC)c(OC)c1. The van der Waals surface area contributed by atoms with Crippen molar-refractivity contribution in [3.8, 4) is 17.2 Å². The van der Waals surface area contributed by atoms with Crippen molar-refractivity contribution in [2.24, 2.45) is 12.0 Å². The first-order valence-corrected chi connectivity index (χ1v) is 9.24. The van der Waals surface area contributed by atoms with E-state index in [1.807, 2.05) is 30.7 Å². The van der Waals surface area contributed by atoms with Gasteiger partial charge in [-0.3, -0.25) is 0 Å². The molecule has 2 aromatic rings. The van der Waals surface area contributed by atoms with Gasteiger partial charge in [0.05, 0.1) is 21.3 Å². The Labute approximate surface area is 166 Å². The van der Waals surface area contributed by atoms with Gasteiger partial charge < -0.3 is 29.4 Å². The maximum atomic E-state index is 5.42. The van der Waals surface area contributed by atoms with Crippen LogP contribution in [-0.2, 0) is 13.6 Å². The number of hydrogen-bond donors (Lipinski definition) is 2. The van der Waals surface area contributed by atoms with E-state index in [0.29, 0.717) is 29.8 Å². The highest BCUT2D eigenvalue weighted by Crippen LogP contribution is 2.39. The molecule has 0 radical (unpaired) electrons. The van der Waals surface area contributed by atoms with Crippen LogP contribution in [-0.4, -0.2) is 48.6 Å². The second-order valence-corrected chi connectivity index (χ2v) is 6.21. The van der Waals surface area contributed by atoms with Crippen LogP contribution >= 0.6 is 0 Å². The first-order chi connectivity index (χ1) is 13.5. The molecule has 0 amide bonds. The lowest BCUT2D eigenvalue weighted by Gasteiger charge is -2.17. The Morgan fingerprint density at radius 2 is 1.79 bits per heavy atom. The highest BCUT2D eigenvalue weighted by atomic mass is 16.5. The van der Waals surface area contributed by atoms with E-state index < -0.39 is 0 Å². The minimum absolute atomic E-state index is 0.406. The van der Waals surface area contributed by atoms with Crippen molar-refractivity contribution in [2.45, 2.75) is 33.2 Å². The second kappa shape index (κ2) is 10.4. The lowest BCUT2D eigenvalue weighted by atomic mass is 10.2. The predicted octanol–water partition coefficient (Wildman–Crippen LogP) is 2.51. The number of nitrogens with one attached hydrogen (secondary N) is 2. The van der Waals surface area contributed by atoms with Crippen LogP contribution in [0.5, 0.6) is 17.2 Å². The van der Waals surface area contributed by atoms with E-state index in [0.717, 1.165) is 36.7 Å². The predicted molar refractivity (Wildman–Crippen MR) is 110 cm³/mol. The summed E-state index contributed by atoms with van der Waals surface area (Å²) in [7, 11) is 6.69. The lowest BCUT2D eigenvalue weighted by Crippen LogP contribution is -2.31. The van der Waals surface area contributed by atoms with Crippen LogP contribution in [0.3, 0.4) is 0 Å². The third kappa shape index (κ3) is 5.28. The van der Waals surface area contributed by atoms with Crippen LogP contribution in [0.4, 0.5) is 5.69 Å². The average molecular weight is 390 g/mol. The van der Waals surface area contributed by atoms with Gasteiger partial charge in [0, 0.05) is 31.4 Å². The number of unbranched alkanes of at least 4 members (excludes halogenated alkanes) is 1. The van der Waals surface area contributed by atoms with Crippen molar-refractivity contribution < 1.29 is 14.2 Å². The molecule has 0 aliphatic carbocycles. The Balaban J connectivity index is 2.26. The Hall–Kier alpha value is -2.97. The smallest absolute Gasteiger partial charge is 0.203 e. The molecule has 9 heteroatoms. The van der Waals surface area contributed by atoms with Crippen molar-refractivity contribution >= 4 is 11.6 Å².